The first-order chi connectivity index (χ1) is 14.1. The van der Waals surface area contributed by atoms with Crippen molar-refractivity contribution in [3.05, 3.63) is 58.1 Å². The molecule has 1 heterocycles. The van der Waals surface area contributed by atoms with E-state index in [0.29, 0.717) is 22.0 Å². The Kier molecular flexibility index (Phi) is 6.56. The summed E-state index contributed by atoms with van der Waals surface area (Å²) in [5.74, 6) is -0.829. The summed E-state index contributed by atoms with van der Waals surface area (Å²) in [6, 6.07) is 10.4. The van der Waals surface area contributed by atoms with E-state index in [1.165, 1.54) is 37.3 Å². The molecule has 0 atom stereocenters. The van der Waals surface area contributed by atoms with Gasteiger partial charge in [0, 0.05) is 23.3 Å². The van der Waals surface area contributed by atoms with E-state index in [0.717, 1.165) is 0 Å². The van der Waals surface area contributed by atoms with Gasteiger partial charge in [-0.2, -0.15) is 8.42 Å². The van der Waals surface area contributed by atoms with E-state index in [9.17, 15) is 18.0 Å². The Morgan fingerprint density at radius 1 is 0.967 bits per heavy atom. The third kappa shape index (κ3) is 5.45. The fourth-order valence-electron chi connectivity index (χ4n) is 2.23. The first kappa shape index (κ1) is 22.0. The highest BCUT2D eigenvalue weighted by atomic mass is 35.5. The van der Waals surface area contributed by atoms with Gasteiger partial charge < -0.3 is 5.32 Å². The third-order valence-electron chi connectivity index (χ3n) is 3.49. The van der Waals surface area contributed by atoms with Gasteiger partial charge in [0.05, 0.1) is 10.6 Å². The quantitative estimate of drug-likeness (QED) is 0.454. The van der Waals surface area contributed by atoms with Crippen molar-refractivity contribution in [2.24, 2.45) is 0 Å². The lowest BCUT2D eigenvalue weighted by Crippen LogP contribution is -2.13. The van der Waals surface area contributed by atoms with Crippen LogP contribution in [0.15, 0.2) is 46.8 Å². The normalized spacial score (nSPS) is 11.0. The zero-order valence-electron chi connectivity index (χ0n) is 15.1. The molecule has 3 aromatic rings. The number of carbonyl (C=O) groups excluding carboxylic acids is 2. The van der Waals surface area contributed by atoms with Crippen LogP contribution >= 0.6 is 34.5 Å². The topological polar surface area (TPSA) is 130 Å². The fraction of sp³-hybridized carbons (Fsp3) is 0.0588. The van der Waals surface area contributed by atoms with Gasteiger partial charge >= 0.3 is 0 Å². The Labute approximate surface area is 185 Å². The van der Waals surface area contributed by atoms with Crippen LogP contribution < -0.4 is 15.4 Å². The number of hydrogen-bond donors (Lipinski definition) is 3. The number of amides is 2. The molecular weight excluding hydrogens is 473 g/mol. The maximum absolute atomic E-state index is 12.5. The molecule has 2 aromatic carbocycles. The lowest BCUT2D eigenvalue weighted by molar-refractivity contribution is -0.114. The van der Waals surface area contributed by atoms with Crippen LogP contribution in [0.2, 0.25) is 10.0 Å². The largest absolute Gasteiger partial charge is 0.326 e. The van der Waals surface area contributed by atoms with Gasteiger partial charge in [-0.3, -0.25) is 19.6 Å². The van der Waals surface area contributed by atoms with E-state index in [2.05, 4.69) is 25.6 Å². The van der Waals surface area contributed by atoms with E-state index in [1.54, 1.807) is 12.1 Å². The highest BCUT2D eigenvalue weighted by Crippen LogP contribution is 2.25. The molecule has 0 saturated carbocycles. The summed E-state index contributed by atoms with van der Waals surface area (Å²) in [7, 11) is -4.03. The van der Waals surface area contributed by atoms with Crippen LogP contribution in [0.5, 0.6) is 0 Å². The van der Waals surface area contributed by atoms with Crippen LogP contribution in [0.25, 0.3) is 0 Å². The lowest BCUT2D eigenvalue weighted by Gasteiger charge is -2.06. The maximum atomic E-state index is 12.5. The molecule has 156 valence electrons. The predicted octanol–water partition coefficient (Wildman–Crippen LogP) is 3.86. The van der Waals surface area contributed by atoms with Crippen LogP contribution in [-0.2, 0) is 14.8 Å². The Hall–Kier alpha value is -2.73. The minimum absolute atomic E-state index is 0.0209. The van der Waals surface area contributed by atoms with Gasteiger partial charge in [-0.15, -0.1) is 10.2 Å². The van der Waals surface area contributed by atoms with Gasteiger partial charge in [-0.25, -0.2) is 0 Å². The summed E-state index contributed by atoms with van der Waals surface area (Å²) >= 11 is 12.5. The molecule has 30 heavy (non-hydrogen) atoms. The average molecular weight is 486 g/mol. The molecule has 3 N–H and O–H groups in total. The van der Waals surface area contributed by atoms with Gasteiger partial charge in [-0.1, -0.05) is 34.5 Å². The number of carbonyl (C=O) groups is 2. The fourth-order valence-corrected chi connectivity index (χ4v) is 4.68. The van der Waals surface area contributed by atoms with Gasteiger partial charge in [0.2, 0.25) is 11.0 Å². The van der Waals surface area contributed by atoms with Gasteiger partial charge in [0.25, 0.3) is 20.3 Å². The summed E-state index contributed by atoms with van der Waals surface area (Å²) in [5, 5.41) is 12.8. The van der Waals surface area contributed by atoms with Crippen molar-refractivity contribution in [1.29, 1.82) is 0 Å². The lowest BCUT2D eigenvalue weighted by atomic mass is 10.2. The van der Waals surface area contributed by atoms with Gasteiger partial charge in [0.1, 0.15) is 0 Å². The zero-order chi connectivity index (χ0) is 21.9. The molecule has 0 aliphatic carbocycles. The molecule has 0 spiro atoms. The Bertz CT molecular complexity index is 1210. The number of rotatable bonds is 6. The van der Waals surface area contributed by atoms with Crippen molar-refractivity contribution in [3.63, 3.8) is 0 Å². The molecule has 9 nitrogen and oxygen atoms in total. The standard InChI is InChI=1S/C17H13Cl2N5O4S2/c1-9(25)20-11-3-5-12(6-4-11)24-30(27,28)17-23-22-16(29-17)21-15(26)13-7-2-10(18)8-14(13)19/h2-8,24H,1H3,(H,20,25)(H,21,22,26). The minimum Gasteiger partial charge on any atom is -0.326 e. The van der Waals surface area contributed by atoms with Crippen molar-refractivity contribution in [2.75, 3.05) is 15.4 Å². The molecule has 1 aromatic heterocycles. The molecule has 0 radical (unpaired) electrons. The van der Waals surface area contributed by atoms with Crippen molar-refractivity contribution >= 4 is 72.9 Å². The summed E-state index contributed by atoms with van der Waals surface area (Å²) < 4.78 is 27.0. The van der Waals surface area contributed by atoms with E-state index >= 15 is 0 Å². The van der Waals surface area contributed by atoms with Gasteiger partial charge in [-0.05, 0) is 42.5 Å². The number of benzene rings is 2. The number of nitrogens with one attached hydrogen (secondary N) is 3. The van der Waals surface area contributed by atoms with E-state index in [-0.39, 0.29) is 31.7 Å². The van der Waals surface area contributed by atoms with Crippen LogP contribution in [0.4, 0.5) is 16.5 Å². The van der Waals surface area contributed by atoms with Crippen molar-refractivity contribution in [2.45, 2.75) is 11.3 Å². The van der Waals surface area contributed by atoms with Crippen LogP contribution in [0, 0.1) is 0 Å². The molecule has 0 fully saturated rings. The molecular formula is C17H13Cl2N5O4S2. The van der Waals surface area contributed by atoms with E-state index in [4.69, 9.17) is 23.2 Å². The second-order valence-electron chi connectivity index (χ2n) is 5.82. The third-order valence-corrected chi connectivity index (χ3v) is 6.63. The molecule has 0 unspecified atom stereocenters. The zero-order valence-corrected chi connectivity index (χ0v) is 18.3. The molecule has 13 heteroatoms. The first-order valence-electron chi connectivity index (χ1n) is 8.14. The van der Waals surface area contributed by atoms with Crippen molar-refractivity contribution in [3.8, 4) is 0 Å². The average Bonchev–Trinajstić information content (AvgIpc) is 3.12. The number of hydrogen-bond acceptors (Lipinski definition) is 7. The summed E-state index contributed by atoms with van der Waals surface area (Å²) in [5.41, 5.74) is 0.933. The number of sulfonamides is 1. The monoisotopic (exact) mass is 485 g/mol. The van der Waals surface area contributed by atoms with Crippen molar-refractivity contribution in [1.82, 2.24) is 10.2 Å². The number of halogens is 2. The van der Waals surface area contributed by atoms with Crippen molar-refractivity contribution < 1.29 is 18.0 Å². The Morgan fingerprint density at radius 3 is 2.27 bits per heavy atom. The maximum Gasteiger partial charge on any atom is 0.291 e. The Morgan fingerprint density at radius 2 is 1.63 bits per heavy atom. The number of aromatic nitrogens is 2. The Balaban J connectivity index is 1.71. The minimum atomic E-state index is -4.03. The van der Waals surface area contributed by atoms with Gasteiger partial charge in [0.15, 0.2) is 0 Å². The predicted molar refractivity (Wildman–Crippen MR) is 116 cm³/mol. The molecule has 0 aliphatic rings. The summed E-state index contributed by atoms with van der Waals surface area (Å²) in [6.07, 6.45) is 0. The van der Waals surface area contributed by atoms with E-state index in [1.807, 2.05) is 0 Å². The molecule has 0 saturated heterocycles. The first-order valence-corrected chi connectivity index (χ1v) is 11.2. The second-order valence-corrected chi connectivity index (χ2v) is 9.49. The molecule has 3 rings (SSSR count). The molecule has 0 bridgehead atoms. The highest BCUT2D eigenvalue weighted by molar-refractivity contribution is 7.94. The van der Waals surface area contributed by atoms with Crippen LogP contribution in [0.3, 0.4) is 0 Å². The second kappa shape index (κ2) is 8.96. The smallest absolute Gasteiger partial charge is 0.291 e. The summed E-state index contributed by atoms with van der Waals surface area (Å²) in [4.78, 5) is 23.3. The van der Waals surface area contributed by atoms with Crippen LogP contribution in [0.1, 0.15) is 17.3 Å². The number of anilines is 3. The highest BCUT2D eigenvalue weighted by Gasteiger charge is 2.22. The van der Waals surface area contributed by atoms with Crippen LogP contribution in [-0.4, -0.2) is 30.4 Å². The molecule has 0 aliphatic heterocycles. The summed E-state index contributed by atoms with van der Waals surface area (Å²) in [6.45, 7) is 1.36. The van der Waals surface area contributed by atoms with E-state index < -0.39 is 15.9 Å². The number of nitrogens with zero attached hydrogens (tertiary/aromatic N) is 2. The molecule has 2 amide bonds. The SMILES string of the molecule is CC(=O)Nc1ccc(NS(=O)(=O)c2nnc(NC(=O)c3ccc(Cl)cc3Cl)s2)cc1.